The molecule has 0 bridgehead atoms. The molecule has 0 radical (unpaired) electrons. The van der Waals surface area contributed by atoms with Crippen molar-refractivity contribution in [2.75, 3.05) is 18.0 Å². The molecule has 2 aromatic rings. The third-order valence-electron chi connectivity index (χ3n) is 3.91. The van der Waals surface area contributed by atoms with Crippen molar-refractivity contribution in [1.82, 2.24) is 4.98 Å². The molecule has 6 heteroatoms. The smallest absolute Gasteiger partial charge is 0.236 e. The molecule has 1 aliphatic heterocycles. The number of ether oxygens (including phenoxy) is 2. The molecule has 2 heterocycles. The number of hydrogen-bond acceptors (Lipinski definition) is 6. The van der Waals surface area contributed by atoms with Gasteiger partial charge in [-0.25, -0.2) is 0 Å². The van der Waals surface area contributed by atoms with Gasteiger partial charge in [0.2, 0.25) is 17.5 Å². The lowest BCUT2D eigenvalue weighted by Gasteiger charge is -2.34. The van der Waals surface area contributed by atoms with Gasteiger partial charge in [-0.1, -0.05) is 18.2 Å². The molecule has 3 rings (SSSR count). The van der Waals surface area contributed by atoms with Crippen LogP contribution in [0, 0.1) is 18.3 Å². The molecule has 24 heavy (non-hydrogen) atoms. The Labute approximate surface area is 141 Å². The van der Waals surface area contributed by atoms with E-state index in [1.54, 1.807) is 0 Å². The molecule has 0 amide bonds. The third-order valence-corrected chi connectivity index (χ3v) is 3.91. The van der Waals surface area contributed by atoms with Crippen LogP contribution in [0.1, 0.15) is 31.0 Å². The quantitative estimate of drug-likeness (QED) is 0.859. The summed E-state index contributed by atoms with van der Waals surface area (Å²) in [5.41, 5.74) is 1.33. The third kappa shape index (κ3) is 3.52. The Morgan fingerprint density at radius 1 is 1.29 bits per heavy atom. The second kappa shape index (κ2) is 6.93. The fraction of sp³-hybridized carbons (Fsp3) is 0.444. The Morgan fingerprint density at radius 3 is 2.67 bits per heavy atom. The topological polar surface area (TPSA) is 71.5 Å². The van der Waals surface area contributed by atoms with E-state index in [9.17, 15) is 5.26 Å². The van der Waals surface area contributed by atoms with E-state index in [0.717, 1.165) is 11.3 Å². The van der Waals surface area contributed by atoms with Gasteiger partial charge < -0.3 is 18.8 Å². The summed E-state index contributed by atoms with van der Waals surface area (Å²) >= 11 is 0. The molecule has 1 aromatic carbocycles. The molecule has 1 saturated heterocycles. The van der Waals surface area contributed by atoms with Crippen molar-refractivity contribution < 1.29 is 13.9 Å². The average Bonchev–Trinajstić information content (AvgIpc) is 2.96. The van der Waals surface area contributed by atoms with E-state index in [4.69, 9.17) is 13.9 Å². The van der Waals surface area contributed by atoms with Gasteiger partial charge in [0.15, 0.2) is 6.61 Å². The van der Waals surface area contributed by atoms with Crippen LogP contribution in [-0.4, -0.2) is 30.3 Å². The fourth-order valence-electron chi connectivity index (χ4n) is 2.91. The van der Waals surface area contributed by atoms with Crippen LogP contribution in [0.25, 0.3) is 0 Å². The number of para-hydroxylation sites is 1. The van der Waals surface area contributed by atoms with E-state index in [2.05, 4.69) is 11.1 Å². The maximum atomic E-state index is 9.35. The lowest BCUT2D eigenvalue weighted by Crippen LogP contribution is -2.45. The first kappa shape index (κ1) is 16.3. The Bertz CT molecular complexity index is 740. The molecule has 0 N–H and O–H groups in total. The van der Waals surface area contributed by atoms with Crippen molar-refractivity contribution in [3.05, 3.63) is 41.4 Å². The van der Waals surface area contributed by atoms with E-state index >= 15 is 0 Å². The van der Waals surface area contributed by atoms with Gasteiger partial charge in [-0.05, 0) is 32.4 Å². The second-order valence-corrected chi connectivity index (χ2v) is 6.09. The van der Waals surface area contributed by atoms with E-state index < -0.39 is 0 Å². The molecule has 0 unspecified atom stereocenters. The van der Waals surface area contributed by atoms with Gasteiger partial charge >= 0.3 is 0 Å². The fourth-order valence-corrected chi connectivity index (χ4v) is 2.91. The number of aryl methyl sites for hydroxylation is 1. The predicted molar refractivity (Wildman–Crippen MR) is 89.0 cm³/mol. The van der Waals surface area contributed by atoms with Crippen LogP contribution in [0.4, 0.5) is 5.88 Å². The summed E-state index contributed by atoms with van der Waals surface area (Å²) in [6.45, 7) is 7.53. The minimum absolute atomic E-state index is 0.0806. The zero-order valence-corrected chi connectivity index (χ0v) is 14.2. The van der Waals surface area contributed by atoms with Crippen molar-refractivity contribution in [2.24, 2.45) is 0 Å². The number of nitrogens with zero attached hydrogens (tertiary/aromatic N) is 3. The highest BCUT2D eigenvalue weighted by molar-refractivity contribution is 5.48. The molecule has 2 atom stereocenters. The number of aromatic nitrogens is 1. The lowest BCUT2D eigenvalue weighted by atomic mass is 10.2. The number of hydrogen-bond donors (Lipinski definition) is 0. The number of anilines is 1. The maximum Gasteiger partial charge on any atom is 0.236 e. The summed E-state index contributed by atoms with van der Waals surface area (Å²) in [5.74, 6) is 1.68. The average molecular weight is 327 g/mol. The highest BCUT2D eigenvalue weighted by Gasteiger charge is 2.28. The molecular weight excluding hydrogens is 306 g/mol. The predicted octanol–water partition coefficient (Wildman–Crippen LogP) is 3.05. The Kier molecular flexibility index (Phi) is 4.72. The number of morpholine rings is 1. The van der Waals surface area contributed by atoms with Crippen LogP contribution in [0.15, 0.2) is 28.7 Å². The Balaban J connectivity index is 1.76. The van der Waals surface area contributed by atoms with Crippen molar-refractivity contribution in [3.8, 4) is 11.8 Å². The minimum Gasteiger partial charge on any atom is -0.484 e. The summed E-state index contributed by atoms with van der Waals surface area (Å²) in [6, 6.07) is 9.86. The molecule has 0 spiro atoms. The number of oxazole rings is 1. The van der Waals surface area contributed by atoms with Crippen LogP contribution in [0.5, 0.6) is 5.75 Å². The van der Waals surface area contributed by atoms with E-state index in [1.807, 2.05) is 49.9 Å². The van der Waals surface area contributed by atoms with Crippen LogP contribution < -0.4 is 9.64 Å². The summed E-state index contributed by atoms with van der Waals surface area (Å²) in [5, 5.41) is 9.35. The molecule has 6 nitrogen and oxygen atoms in total. The summed E-state index contributed by atoms with van der Waals surface area (Å²) in [4.78, 5) is 6.28. The van der Waals surface area contributed by atoms with Crippen molar-refractivity contribution in [2.45, 2.75) is 39.6 Å². The SMILES string of the molecule is Cc1ccccc1OCc1nc(C#N)c(N2C[C@H](C)O[C@@H](C)C2)o1. The first-order valence-corrected chi connectivity index (χ1v) is 8.05. The van der Waals surface area contributed by atoms with Gasteiger partial charge in [0.05, 0.1) is 12.2 Å². The molecule has 126 valence electrons. The van der Waals surface area contributed by atoms with Gasteiger partial charge in [-0.15, -0.1) is 0 Å². The molecular formula is C18H21N3O3. The molecule has 1 fully saturated rings. The van der Waals surface area contributed by atoms with E-state index in [-0.39, 0.29) is 18.8 Å². The van der Waals surface area contributed by atoms with Crippen LogP contribution in [-0.2, 0) is 11.3 Å². The molecule has 0 aliphatic carbocycles. The monoisotopic (exact) mass is 327 g/mol. The Morgan fingerprint density at radius 2 is 2.00 bits per heavy atom. The number of benzene rings is 1. The first-order chi connectivity index (χ1) is 11.6. The Hall–Kier alpha value is -2.52. The van der Waals surface area contributed by atoms with Crippen molar-refractivity contribution in [1.29, 1.82) is 5.26 Å². The minimum atomic E-state index is 0.0806. The standard InChI is InChI=1S/C18H21N3O3/c1-12-6-4-5-7-16(12)22-11-17-20-15(8-19)18(24-17)21-9-13(2)23-14(3)10-21/h4-7,13-14H,9-11H2,1-3H3/t13-,14-/m0/s1. The van der Waals surface area contributed by atoms with Crippen LogP contribution in [0.3, 0.4) is 0 Å². The molecule has 1 aliphatic rings. The normalized spacial score (nSPS) is 20.7. The zero-order valence-electron chi connectivity index (χ0n) is 14.2. The van der Waals surface area contributed by atoms with Gasteiger partial charge in [0, 0.05) is 13.1 Å². The summed E-state index contributed by atoms with van der Waals surface area (Å²) in [6.07, 6.45) is 0.161. The van der Waals surface area contributed by atoms with Gasteiger partial charge in [-0.3, -0.25) is 0 Å². The largest absolute Gasteiger partial charge is 0.484 e. The van der Waals surface area contributed by atoms with Crippen LogP contribution >= 0.6 is 0 Å². The van der Waals surface area contributed by atoms with Crippen molar-refractivity contribution >= 4 is 5.88 Å². The maximum absolute atomic E-state index is 9.35. The summed E-state index contributed by atoms with van der Waals surface area (Å²) < 4.78 is 17.3. The second-order valence-electron chi connectivity index (χ2n) is 6.09. The van der Waals surface area contributed by atoms with Gasteiger partial charge in [0.1, 0.15) is 11.8 Å². The summed E-state index contributed by atoms with van der Waals surface area (Å²) in [7, 11) is 0. The number of nitriles is 1. The highest BCUT2D eigenvalue weighted by atomic mass is 16.5. The van der Waals surface area contributed by atoms with Gasteiger partial charge in [-0.2, -0.15) is 10.2 Å². The first-order valence-electron chi connectivity index (χ1n) is 8.05. The highest BCUT2D eigenvalue weighted by Crippen LogP contribution is 2.26. The molecule has 0 saturated carbocycles. The van der Waals surface area contributed by atoms with Gasteiger partial charge in [0.25, 0.3) is 0 Å². The lowest BCUT2D eigenvalue weighted by molar-refractivity contribution is -0.00651. The molecule has 1 aromatic heterocycles. The van der Waals surface area contributed by atoms with E-state index in [1.165, 1.54) is 0 Å². The number of rotatable bonds is 4. The van der Waals surface area contributed by atoms with Crippen molar-refractivity contribution in [3.63, 3.8) is 0 Å². The van der Waals surface area contributed by atoms with Crippen LogP contribution in [0.2, 0.25) is 0 Å². The van der Waals surface area contributed by atoms with E-state index in [0.29, 0.717) is 30.6 Å². The zero-order chi connectivity index (χ0) is 17.1.